The van der Waals surface area contributed by atoms with Crippen LogP contribution in [0.3, 0.4) is 0 Å². The summed E-state index contributed by atoms with van der Waals surface area (Å²) in [6.07, 6.45) is -4.14. The van der Waals surface area contributed by atoms with E-state index < -0.39 is 47.4 Å². The Morgan fingerprint density at radius 3 is 2.51 bits per heavy atom. The van der Waals surface area contributed by atoms with Gasteiger partial charge in [0.15, 0.2) is 17.3 Å². The van der Waals surface area contributed by atoms with Gasteiger partial charge in [-0.2, -0.15) is 45.8 Å². The zero-order valence-corrected chi connectivity index (χ0v) is 20.1. The number of nitrogens with zero attached hydrogens (tertiary/aromatic N) is 7. The molecule has 1 amide bonds. The van der Waals surface area contributed by atoms with Gasteiger partial charge in [0.2, 0.25) is 0 Å². The number of carbonyl (C=O) groups excluding carboxylic acids is 1. The van der Waals surface area contributed by atoms with Crippen molar-refractivity contribution >= 4 is 28.8 Å². The molecule has 0 saturated heterocycles. The highest BCUT2D eigenvalue weighted by Gasteiger charge is 2.62. The Morgan fingerprint density at radius 2 is 1.97 bits per heavy atom. The zero-order chi connectivity index (χ0) is 27.5. The fraction of sp³-hybridized carbons (Fsp3) is 0.421. The highest BCUT2D eigenvalue weighted by atomic mass is 35.5. The Kier molecular flexibility index (Phi) is 6.39. The van der Waals surface area contributed by atoms with E-state index in [1.807, 2.05) is 0 Å². The summed E-state index contributed by atoms with van der Waals surface area (Å²) < 4.78 is 97.8. The van der Waals surface area contributed by atoms with Gasteiger partial charge in [-0.25, -0.2) is 4.68 Å². The van der Waals surface area contributed by atoms with Crippen molar-refractivity contribution in [3.05, 3.63) is 27.9 Å². The van der Waals surface area contributed by atoms with Gasteiger partial charge in [-0.1, -0.05) is 16.8 Å². The van der Waals surface area contributed by atoms with Gasteiger partial charge in [0, 0.05) is 14.1 Å². The average molecular weight is 572 g/mol. The molecule has 0 atom stereocenters. The van der Waals surface area contributed by atoms with Crippen molar-refractivity contribution in [3.63, 3.8) is 0 Å². The van der Waals surface area contributed by atoms with E-state index in [0.29, 0.717) is 22.2 Å². The molecule has 0 aliphatic heterocycles. The number of alkyl halides is 7. The molecule has 198 valence electrons. The van der Waals surface area contributed by atoms with Crippen LogP contribution in [0.5, 0.6) is 5.75 Å². The lowest BCUT2D eigenvalue weighted by atomic mass is 10.2. The molecular formula is C19H13ClF7N7O2S. The zero-order valence-electron chi connectivity index (χ0n) is 18.5. The Balaban J connectivity index is 1.73. The second kappa shape index (κ2) is 8.87. The van der Waals surface area contributed by atoms with E-state index in [1.54, 1.807) is 0 Å². The number of thiophene rings is 1. The molecule has 4 rings (SSSR count). The lowest BCUT2D eigenvalue weighted by molar-refractivity contribution is -0.291. The summed E-state index contributed by atoms with van der Waals surface area (Å²) in [4.78, 5) is 14.3. The van der Waals surface area contributed by atoms with Crippen molar-refractivity contribution in [2.45, 2.75) is 37.1 Å². The molecule has 1 aliphatic rings. The highest BCUT2D eigenvalue weighted by Crippen LogP contribution is 2.48. The number of hydrogen-bond donors (Lipinski definition) is 0. The van der Waals surface area contributed by atoms with Crippen LogP contribution in [0, 0.1) is 11.3 Å². The Labute approximate surface area is 211 Å². The molecule has 9 nitrogen and oxygen atoms in total. The molecule has 3 aromatic heterocycles. The summed E-state index contributed by atoms with van der Waals surface area (Å²) in [7, 11) is 2.37. The normalized spacial score (nSPS) is 15.1. The minimum atomic E-state index is -6.15. The molecule has 1 saturated carbocycles. The van der Waals surface area contributed by atoms with E-state index in [2.05, 4.69) is 26.2 Å². The van der Waals surface area contributed by atoms with E-state index in [9.17, 15) is 40.8 Å². The first-order valence-corrected chi connectivity index (χ1v) is 11.2. The molecule has 0 aromatic carbocycles. The van der Waals surface area contributed by atoms with Crippen LogP contribution >= 0.6 is 22.9 Å². The largest absolute Gasteiger partial charge is 0.459 e. The smallest absolute Gasteiger partial charge is 0.428 e. The number of carbonyl (C=O) groups is 1. The lowest BCUT2D eigenvalue weighted by Crippen LogP contribution is -2.37. The quantitative estimate of drug-likeness (QED) is 0.379. The maximum absolute atomic E-state index is 14.0. The van der Waals surface area contributed by atoms with Crippen molar-refractivity contribution in [1.29, 1.82) is 5.26 Å². The van der Waals surface area contributed by atoms with Crippen LogP contribution in [0.4, 0.5) is 30.7 Å². The Hall–Kier alpha value is -3.39. The van der Waals surface area contributed by atoms with E-state index in [4.69, 9.17) is 11.6 Å². The molecule has 18 heteroatoms. The molecule has 0 unspecified atom stereocenters. The number of amides is 1. The summed E-state index contributed by atoms with van der Waals surface area (Å²) in [5.41, 5.74) is -3.00. The van der Waals surface area contributed by atoms with Crippen molar-refractivity contribution < 1.29 is 40.3 Å². The van der Waals surface area contributed by atoms with Crippen LogP contribution in [0.15, 0.2) is 12.3 Å². The summed E-state index contributed by atoms with van der Waals surface area (Å²) in [6, 6.07) is 3.40. The minimum absolute atomic E-state index is 0.0247. The maximum Gasteiger partial charge on any atom is 0.459 e. The van der Waals surface area contributed by atoms with Gasteiger partial charge in [0.05, 0.1) is 22.7 Å². The SMILES string of the molecule is CN(C(=O)c1cc(-c2cn(-c3c(OC(F)F)c(C(F)(F)C(F)(F)F)nn3C)nn2)sc1Cl)C1(C#N)CC1. The second-order valence-corrected chi connectivity index (χ2v) is 9.58. The van der Waals surface area contributed by atoms with Crippen LogP contribution in [0.1, 0.15) is 28.9 Å². The van der Waals surface area contributed by atoms with E-state index in [-0.39, 0.29) is 20.5 Å². The van der Waals surface area contributed by atoms with Gasteiger partial charge < -0.3 is 9.64 Å². The third kappa shape index (κ3) is 4.48. The first-order chi connectivity index (χ1) is 17.1. The first-order valence-electron chi connectivity index (χ1n) is 10.0. The Bertz CT molecular complexity index is 1400. The summed E-state index contributed by atoms with van der Waals surface area (Å²) >= 11 is 7.07. The molecule has 0 radical (unpaired) electrons. The monoisotopic (exact) mass is 571 g/mol. The van der Waals surface area contributed by atoms with Crippen LogP contribution in [0.25, 0.3) is 16.4 Å². The van der Waals surface area contributed by atoms with Gasteiger partial charge in [0.25, 0.3) is 5.91 Å². The van der Waals surface area contributed by atoms with Gasteiger partial charge in [-0.15, -0.1) is 16.4 Å². The van der Waals surface area contributed by atoms with Crippen LogP contribution in [-0.4, -0.2) is 61.0 Å². The predicted molar refractivity (Wildman–Crippen MR) is 113 cm³/mol. The topological polar surface area (TPSA) is 102 Å². The summed E-state index contributed by atoms with van der Waals surface area (Å²) in [5.74, 6) is -8.51. The summed E-state index contributed by atoms with van der Waals surface area (Å²) in [5, 5.41) is 19.8. The van der Waals surface area contributed by atoms with Crippen molar-refractivity contribution in [1.82, 2.24) is 29.7 Å². The number of halogens is 8. The molecule has 0 bridgehead atoms. The number of aryl methyl sites for hydroxylation is 1. The van der Waals surface area contributed by atoms with E-state index in [0.717, 1.165) is 24.6 Å². The van der Waals surface area contributed by atoms with Crippen LogP contribution in [0.2, 0.25) is 4.34 Å². The average Bonchev–Trinajstić information content (AvgIpc) is 3.09. The molecule has 37 heavy (non-hydrogen) atoms. The maximum atomic E-state index is 14.0. The molecule has 1 aliphatic carbocycles. The van der Waals surface area contributed by atoms with Crippen molar-refractivity contribution in [3.8, 4) is 28.2 Å². The molecule has 1 fully saturated rings. The fourth-order valence-corrected chi connectivity index (χ4v) is 4.63. The van der Waals surface area contributed by atoms with Crippen LogP contribution < -0.4 is 4.74 Å². The van der Waals surface area contributed by atoms with Crippen molar-refractivity contribution in [2.75, 3.05) is 7.05 Å². The standard InChI is InChI=1S/C19H13ClF7N7O2S/c1-32(17(7-28)3-4-17)15(35)8-5-10(37-13(8)20)9-6-34(31-29-9)14-11(36-16(21)22)12(30-33(14)2)18(23,24)19(25,26)27/h5-6,16H,3-4H2,1-2H3. The van der Waals surface area contributed by atoms with E-state index >= 15 is 0 Å². The second-order valence-electron chi connectivity index (χ2n) is 7.93. The Morgan fingerprint density at radius 1 is 1.32 bits per heavy atom. The molecular weight excluding hydrogens is 559 g/mol. The number of aromatic nitrogens is 5. The fourth-order valence-electron chi connectivity index (χ4n) is 3.42. The predicted octanol–water partition coefficient (Wildman–Crippen LogP) is 4.77. The molecule has 3 heterocycles. The minimum Gasteiger partial charge on any atom is -0.428 e. The molecule has 3 aromatic rings. The number of nitriles is 1. The summed E-state index contributed by atoms with van der Waals surface area (Å²) in [6.45, 7) is -3.77. The molecule has 0 N–H and O–H groups in total. The van der Waals surface area contributed by atoms with Crippen molar-refractivity contribution in [2.24, 2.45) is 7.05 Å². The first kappa shape index (κ1) is 26.7. The van der Waals surface area contributed by atoms with Gasteiger partial charge in [-0.3, -0.25) is 4.79 Å². The number of ether oxygens (including phenoxy) is 1. The number of rotatable bonds is 7. The highest BCUT2D eigenvalue weighted by molar-refractivity contribution is 7.19. The van der Waals surface area contributed by atoms with E-state index in [1.165, 1.54) is 18.0 Å². The number of hydrogen-bond acceptors (Lipinski definition) is 7. The third-order valence-corrected chi connectivity index (χ3v) is 6.97. The van der Waals surface area contributed by atoms with Gasteiger partial charge in [-0.05, 0) is 18.9 Å². The lowest BCUT2D eigenvalue weighted by Gasteiger charge is -2.21. The van der Waals surface area contributed by atoms with Gasteiger partial charge in [0.1, 0.15) is 15.6 Å². The van der Waals surface area contributed by atoms with Gasteiger partial charge >= 0.3 is 18.7 Å². The van der Waals surface area contributed by atoms with Crippen LogP contribution in [-0.2, 0) is 13.0 Å². The molecule has 0 spiro atoms. The third-order valence-electron chi connectivity index (χ3n) is 5.59.